The quantitative estimate of drug-likeness (QED) is 0.775. The molecule has 0 aromatic heterocycles. The second-order valence-electron chi connectivity index (χ2n) is 4.56. The van der Waals surface area contributed by atoms with Crippen LogP contribution in [0.15, 0.2) is 57.9 Å². The van der Waals surface area contributed by atoms with Gasteiger partial charge in [-0.3, -0.25) is 4.79 Å². The smallest absolute Gasteiger partial charge is 0.248 e. The van der Waals surface area contributed by atoms with E-state index in [0.29, 0.717) is 4.47 Å². The number of anilines is 1. The van der Waals surface area contributed by atoms with E-state index in [2.05, 4.69) is 21.2 Å². The van der Waals surface area contributed by atoms with Crippen LogP contribution in [0.3, 0.4) is 0 Å². The third-order valence-corrected chi connectivity index (χ3v) is 4.21. The molecule has 0 saturated heterocycles. The normalized spacial score (nSPS) is 11.6. The van der Waals surface area contributed by atoms with E-state index in [9.17, 15) is 17.6 Å². The summed E-state index contributed by atoms with van der Waals surface area (Å²) in [5, 5.41) is 7.50. The molecule has 5 nitrogen and oxygen atoms in total. The van der Waals surface area contributed by atoms with Crippen molar-refractivity contribution in [3.63, 3.8) is 0 Å². The van der Waals surface area contributed by atoms with E-state index in [4.69, 9.17) is 5.14 Å². The van der Waals surface area contributed by atoms with Gasteiger partial charge in [-0.15, -0.1) is 0 Å². The minimum absolute atomic E-state index is 0.114. The minimum Gasteiger partial charge on any atom is -0.322 e. The Morgan fingerprint density at radius 3 is 2.65 bits per heavy atom. The molecule has 0 heterocycles. The van der Waals surface area contributed by atoms with Crippen molar-refractivity contribution in [2.75, 3.05) is 5.32 Å². The monoisotopic (exact) mass is 398 g/mol. The molecule has 1 amide bonds. The molecule has 0 spiro atoms. The van der Waals surface area contributed by atoms with Crippen LogP contribution in [-0.4, -0.2) is 14.3 Å². The lowest BCUT2D eigenvalue weighted by Gasteiger charge is -2.04. The molecule has 0 fully saturated rings. The molecule has 0 aliphatic rings. The summed E-state index contributed by atoms with van der Waals surface area (Å²) in [5.74, 6) is -0.996. The average molecular weight is 399 g/mol. The van der Waals surface area contributed by atoms with Gasteiger partial charge in [-0.25, -0.2) is 17.9 Å². The van der Waals surface area contributed by atoms with E-state index >= 15 is 0 Å². The topological polar surface area (TPSA) is 89.3 Å². The number of primary sulfonamides is 1. The average Bonchev–Trinajstić information content (AvgIpc) is 2.47. The van der Waals surface area contributed by atoms with Crippen molar-refractivity contribution in [1.82, 2.24) is 0 Å². The Balaban J connectivity index is 2.14. The van der Waals surface area contributed by atoms with Gasteiger partial charge < -0.3 is 5.32 Å². The Morgan fingerprint density at radius 2 is 1.96 bits per heavy atom. The molecule has 0 saturated carbocycles. The lowest BCUT2D eigenvalue weighted by Crippen LogP contribution is -2.13. The molecule has 2 aromatic carbocycles. The number of amides is 1. The minimum atomic E-state index is -3.85. The highest BCUT2D eigenvalue weighted by molar-refractivity contribution is 9.10. The number of carbonyl (C=O) groups excluding carboxylic acids is 1. The fourth-order valence-electron chi connectivity index (χ4n) is 1.74. The molecular formula is C15H12BrFN2O3S. The van der Waals surface area contributed by atoms with Crippen LogP contribution < -0.4 is 10.5 Å². The van der Waals surface area contributed by atoms with Crippen molar-refractivity contribution in [3.8, 4) is 0 Å². The first-order valence-electron chi connectivity index (χ1n) is 6.33. The number of hydrogen-bond acceptors (Lipinski definition) is 3. The SMILES string of the molecule is NS(=O)(=O)c1cccc(NC(=O)/C=C/c2cc(Br)ccc2F)c1. The fourth-order valence-corrected chi connectivity index (χ4v) is 2.68. The molecule has 0 radical (unpaired) electrons. The van der Waals surface area contributed by atoms with Crippen LogP contribution in [0.25, 0.3) is 6.08 Å². The summed E-state index contributed by atoms with van der Waals surface area (Å²) in [7, 11) is -3.85. The molecule has 0 aliphatic heterocycles. The highest BCUT2D eigenvalue weighted by Gasteiger charge is 2.08. The zero-order valence-electron chi connectivity index (χ0n) is 11.7. The standard InChI is InChI=1S/C15H12BrFN2O3S/c16-11-5-6-14(17)10(8-11)4-7-15(20)19-12-2-1-3-13(9-12)23(18,21)22/h1-9H,(H,19,20)(H2,18,21,22)/b7-4+. The van der Waals surface area contributed by atoms with Crippen LogP contribution in [0.2, 0.25) is 0 Å². The van der Waals surface area contributed by atoms with Crippen LogP contribution in [0.1, 0.15) is 5.56 Å². The van der Waals surface area contributed by atoms with Gasteiger partial charge in [-0.1, -0.05) is 22.0 Å². The van der Waals surface area contributed by atoms with Crippen LogP contribution >= 0.6 is 15.9 Å². The Bertz CT molecular complexity index is 882. The fraction of sp³-hybridized carbons (Fsp3) is 0. The molecule has 3 N–H and O–H groups in total. The van der Waals surface area contributed by atoms with Gasteiger partial charge in [0.2, 0.25) is 15.9 Å². The van der Waals surface area contributed by atoms with Gasteiger partial charge in [-0.05, 0) is 42.5 Å². The number of carbonyl (C=O) groups is 1. The first-order chi connectivity index (χ1) is 10.8. The third kappa shape index (κ3) is 4.98. The zero-order chi connectivity index (χ0) is 17.0. The molecule has 120 valence electrons. The van der Waals surface area contributed by atoms with Gasteiger partial charge in [-0.2, -0.15) is 0 Å². The predicted molar refractivity (Wildman–Crippen MR) is 89.6 cm³/mol. The second kappa shape index (κ2) is 7.03. The summed E-state index contributed by atoms with van der Waals surface area (Å²) in [6.07, 6.45) is 2.47. The Kier molecular flexibility index (Phi) is 5.30. The number of halogens is 2. The van der Waals surface area contributed by atoms with Crippen molar-refractivity contribution in [3.05, 3.63) is 64.4 Å². The molecule has 23 heavy (non-hydrogen) atoms. The summed E-state index contributed by atoms with van der Waals surface area (Å²) in [6, 6.07) is 9.87. The molecule has 0 aliphatic carbocycles. The second-order valence-corrected chi connectivity index (χ2v) is 7.04. The molecule has 8 heteroatoms. The van der Waals surface area contributed by atoms with Crippen LogP contribution in [0.4, 0.5) is 10.1 Å². The largest absolute Gasteiger partial charge is 0.322 e. The molecule has 2 rings (SSSR count). The number of hydrogen-bond donors (Lipinski definition) is 2. The number of nitrogens with two attached hydrogens (primary N) is 1. The predicted octanol–water partition coefficient (Wildman–Crippen LogP) is 2.89. The Morgan fingerprint density at radius 1 is 1.22 bits per heavy atom. The zero-order valence-corrected chi connectivity index (χ0v) is 14.1. The maximum Gasteiger partial charge on any atom is 0.248 e. The highest BCUT2D eigenvalue weighted by atomic mass is 79.9. The first kappa shape index (κ1) is 17.3. The Labute approximate surface area is 141 Å². The summed E-state index contributed by atoms with van der Waals surface area (Å²) in [4.78, 5) is 11.7. The van der Waals surface area contributed by atoms with Crippen molar-refractivity contribution in [2.24, 2.45) is 5.14 Å². The van der Waals surface area contributed by atoms with Crippen molar-refractivity contribution >= 4 is 43.6 Å². The van der Waals surface area contributed by atoms with Gasteiger partial charge >= 0.3 is 0 Å². The van der Waals surface area contributed by atoms with E-state index in [-0.39, 0.29) is 16.1 Å². The highest BCUT2D eigenvalue weighted by Crippen LogP contribution is 2.17. The van der Waals surface area contributed by atoms with Gasteiger partial charge in [0.15, 0.2) is 0 Å². The van der Waals surface area contributed by atoms with Crippen molar-refractivity contribution < 1.29 is 17.6 Å². The lowest BCUT2D eigenvalue weighted by atomic mass is 10.2. The molecule has 0 unspecified atom stereocenters. The first-order valence-corrected chi connectivity index (χ1v) is 8.66. The maximum atomic E-state index is 13.5. The van der Waals surface area contributed by atoms with E-state index in [1.807, 2.05) is 0 Å². The lowest BCUT2D eigenvalue weighted by molar-refractivity contribution is -0.111. The third-order valence-electron chi connectivity index (χ3n) is 2.80. The van der Waals surface area contributed by atoms with Crippen molar-refractivity contribution in [1.29, 1.82) is 0 Å². The van der Waals surface area contributed by atoms with Gasteiger partial charge in [0, 0.05) is 21.8 Å². The maximum absolute atomic E-state index is 13.5. The summed E-state index contributed by atoms with van der Waals surface area (Å²) < 4.78 is 36.7. The molecular weight excluding hydrogens is 387 g/mol. The van der Waals surface area contributed by atoms with E-state index in [0.717, 1.165) is 6.08 Å². The van der Waals surface area contributed by atoms with Crippen LogP contribution in [0.5, 0.6) is 0 Å². The van der Waals surface area contributed by atoms with E-state index in [1.165, 1.54) is 42.5 Å². The molecule has 2 aromatic rings. The molecule has 0 atom stereocenters. The van der Waals surface area contributed by atoms with Crippen LogP contribution in [-0.2, 0) is 14.8 Å². The summed E-state index contributed by atoms with van der Waals surface area (Å²) in [5.41, 5.74) is 0.508. The van der Waals surface area contributed by atoms with Crippen molar-refractivity contribution in [2.45, 2.75) is 4.90 Å². The van der Waals surface area contributed by atoms with E-state index < -0.39 is 21.7 Å². The van der Waals surface area contributed by atoms with Crippen LogP contribution in [0, 0.1) is 5.82 Å². The summed E-state index contributed by atoms with van der Waals surface area (Å²) in [6.45, 7) is 0. The molecule has 0 bridgehead atoms. The van der Waals surface area contributed by atoms with Gasteiger partial charge in [0.05, 0.1) is 4.90 Å². The van der Waals surface area contributed by atoms with E-state index in [1.54, 1.807) is 6.07 Å². The Hall–Kier alpha value is -2.03. The summed E-state index contributed by atoms with van der Waals surface area (Å²) >= 11 is 3.21. The number of sulfonamides is 1. The number of rotatable bonds is 4. The van der Waals surface area contributed by atoms with Gasteiger partial charge in [0.1, 0.15) is 5.82 Å². The number of benzene rings is 2. The van der Waals surface area contributed by atoms with Gasteiger partial charge in [0.25, 0.3) is 0 Å². The number of nitrogens with one attached hydrogen (secondary N) is 1.